The molecule has 4 N–H and O–H groups in total. The molecule has 2 aromatic heterocycles. The molecule has 0 amide bonds. The summed E-state index contributed by atoms with van der Waals surface area (Å²) in [6, 6.07) is 27.5. The normalized spacial score (nSPS) is 12.2. The number of H-pyrrole nitrogens is 2. The molecule has 158 valence electrons. The molecule has 3 aromatic carbocycles. The summed E-state index contributed by atoms with van der Waals surface area (Å²) in [5, 5.41) is 22.4. The van der Waals surface area contributed by atoms with Gasteiger partial charge in [-0.2, -0.15) is 5.26 Å². The number of nitrogens with two attached hydrogens (primary N) is 1. The SMILES string of the molecule is N#Cc1ccc2c(-c3cc4cc(C[As](CCN)Cc5ccccc5)ccc4[nH]3)n[nH]c2c1. The van der Waals surface area contributed by atoms with Gasteiger partial charge in [0.1, 0.15) is 0 Å². The van der Waals surface area contributed by atoms with Crippen LogP contribution in [-0.2, 0) is 10.4 Å². The van der Waals surface area contributed by atoms with Crippen LogP contribution in [0.25, 0.3) is 33.2 Å². The summed E-state index contributed by atoms with van der Waals surface area (Å²) < 4.78 is 0. The van der Waals surface area contributed by atoms with Gasteiger partial charge >= 0.3 is 186 Å². The Hall–Kier alpha value is -3.32. The molecule has 5 aromatic rings. The number of nitrogens with zero attached hydrogens (tertiary/aromatic N) is 2. The molecule has 0 aliphatic heterocycles. The molecular weight excluding hydrogens is 457 g/mol. The van der Waals surface area contributed by atoms with Crippen molar-refractivity contribution in [1.29, 1.82) is 5.26 Å². The van der Waals surface area contributed by atoms with Gasteiger partial charge < -0.3 is 0 Å². The number of rotatable bonds is 7. The first-order chi connectivity index (χ1) is 15.7. The summed E-state index contributed by atoms with van der Waals surface area (Å²) in [5.74, 6) is 0. The van der Waals surface area contributed by atoms with Crippen molar-refractivity contribution in [3.63, 3.8) is 0 Å². The van der Waals surface area contributed by atoms with Crippen molar-refractivity contribution in [2.75, 3.05) is 6.54 Å². The van der Waals surface area contributed by atoms with Crippen LogP contribution < -0.4 is 5.73 Å². The number of aromatic amines is 2. The van der Waals surface area contributed by atoms with E-state index in [4.69, 9.17) is 11.0 Å². The van der Waals surface area contributed by atoms with Gasteiger partial charge in [0.25, 0.3) is 0 Å². The summed E-state index contributed by atoms with van der Waals surface area (Å²) >= 11 is -1.11. The van der Waals surface area contributed by atoms with Crippen LogP contribution in [-0.4, -0.2) is 36.4 Å². The van der Waals surface area contributed by atoms with Gasteiger partial charge in [0.15, 0.2) is 0 Å². The molecule has 1 atom stereocenters. The first kappa shape index (κ1) is 20.6. The van der Waals surface area contributed by atoms with Gasteiger partial charge in [-0.05, 0) is 0 Å². The third-order valence-electron chi connectivity index (χ3n) is 5.73. The molecule has 5 rings (SSSR count). The van der Waals surface area contributed by atoms with Gasteiger partial charge in [-0.25, -0.2) is 0 Å². The maximum atomic E-state index is 9.13. The van der Waals surface area contributed by atoms with E-state index in [0.717, 1.165) is 44.8 Å². The number of nitriles is 1. The van der Waals surface area contributed by atoms with E-state index in [1.807, 2.05) is 18.2 Å². The number of benzene rings is 3. The number of aromatic nitrogens is 3. The average Bonchev–Trinajstić information content (AvgIpc) is 3.43. The monoisotopic (exact) mass is 481 g/mol. The molecule has 6 heteroatoms. The Labute approximate surface area is 191 Å². The van der Waals surface area contributed by atoms with Crippen molar-refractivity contribution < 1.29 is 0 Å². The maximum absolute atomic E-state index is 9.13. The van der Waals surface area contributed by atoms with E-state index >= 15 is 0 Å². The van der Waals surface area contributed by atoms with Gasteiger partial charge in [0.05, 0.1) is 0 Å². The topological polar surface area (TPSA) is 94.3 Å². The molecule has 0 aliphatic rings. The number of hydrogen-bond donors (Lipinski definition) is 3. The predicted molar refractivity (Wildman–Crippen MR) is 132 cm³/mol. The van der Waals surface area contributed by atoms with E-state index in [9.17, 15) is 0 Å². The molecule has 0 radical (unpaired) electrons. The van der Waals surface area contributed by atoms with Gasteiger partial charge in [0.2, 0.25) is 0 Å². The minimum atomic E-state index is -1.11. The Bertz CT molecular complexity index is 1410. The Balaban J connectivity index is 1.42. The standard InChI is InChI=1S/C26H24AsN5/c28-11-10-27(15-18-4-2-1-3-5-18)16-19-7-9-23-21(12-19)14-25(30-23)26-22-8-6-20(17-29)13-24(22)31-32-26/h1-9,12-14,30H,10-11,15-16,28H2,(H,31,32). The van der Waals surface area contributed by atoms with Gasteiger partial charge in [0, 0.05) is 0 Å². The van der Waals surface area contributed by atoms with E-state index in [2.05, 4.69) is 75.8 Å². The summed E-state index contributed by atoms with van der Waals surface area (Å²) in [7, 11) is 0. The second-order valence-electron chi connectivity index (χ2n) is 8.03. The van der Waals surface area contributed by atoms with Crippen molar-refractivity contribution in [1.82, 2.24) is 15.2 Å². The molecular formula is C26H24AsN5. The third-order valence-corrected chi connectivity index (χ3v) is 11.0. The van der Waals surface area contributed by atoms with Crippen molar-refractivity contribution in [3.05, 3.63) is 89.5 Å². The summed E-state index contributed by atoms with van der Waals surface area (Å²) in [4.78, 5) is 3.51. The molecule has 0 aliphatic carbocycles. The molecule has 5 nitrogen and oxygen atoms in total. The first-order valence-corrected chi connectivity index (χ1v) is 14.7. The Morgan fingerprint density at radius 3 is 2.56 bits per heavy atom. The molecule has 0 spiro atoms. The molecule has 0 fully saturated rings. The van der Waals surface area contributed by atoms with Gasteiger partial charge in [-0.1, -0.05) is 0 Å². The zero-order chi connectivity index (χ0) is 21.9. The van der Waals surface area contributed by atoms with E-state index in [1.54, 1.807) is 0 Å². The average molecular weight is 481 g/mol. The fraction of sp³-hybridized carbons (Fsp3) is 0.154. The molecule has 0 saturated heterocycles. The summed E-state index contributed by atoms with van der Waals surface area (Å²) in [5.41, 5.74) is 13.2. The minimum absolute atomic E-state index is 0.626. The quantitative estimate of drug-likeness (QED) is 0.289. The van der Waals surface area contributed by atoms with E-state index in [1.165, 1.54) is 21.7 Å². The van der Waals surface area contributed by atoms with Crippen LogP contribution >= 0.6 is 0 Å². The van der Waals surface area contributed by atoms with Crippen LogP contribution in [0.5, 0.6) is 0 Å². The molecule has 0 bridgehead atoms. The molecule has 32 heavy (non-hydrogen) atoms. The number of nitrogens with one attached hydrogen (secondary N) is 2. The predicted octanol–water partition coefficient (Wildman–Crippen LogP) is 4.90. The van der Waals surface area contributed by atoms with Gasteiger partial charge in [-0.3, -0.25) is 0 Å². The fourth-order valence-electron chi connectivity index (χ4n) is 4.20. The van der Waals surface area contributed by atoms with Crippen LogP contribution in [0.15, 0.2) is 72.8 Å². The van der Waals surface area contributed by atoms with Gasteiger partial charge in [-0.15, -0.1) is 0 Å². The molecule has 1 unspecified atom stereocenters. The summed E-state index contributed by atoms with van der Waals surface area (Å²) in [6.07, 6.45) is 0. The Morgan fingerprint density at radius 2 is 1.75 bits per heavy atom. The van der Waals surface area contributed by atoms with E-state index in [0.29, 0.717) is 5.56 Å². The molecule has 0 saturated carbocycles. The second-order valence-corrected chi connectivity index (χ2v) is 13.1. The summed E-state index contributed by atoms with van der Waals surface area (Å²) in [6.45, 7) is 0.767. The second kappa shape index (κ2) is 9.04. The first-order valence-electron chi connectivity index (χ1n) is 10.7. The van der Waals surface area contributed by atoms with Crippen molar-refractivity contribution >= 4 is 36.5 Å². The van der Waals surface area contributed by atoms with Crippen molar-refractivity contribution in [3.8, 4) is 17.5 Å². The zero-order valence-electron chi connectivity index (χ0n) is 17.7. The van der Waals surface area contributed by atoms with Crippen LogP contribution in [0.2, 0.25) is 5.21 Å². The third kappa shape index (κ3) is 4.21. The molecule has 2 heterocycles. The number of hydrogen-bond acceptors (Lipinski definition) is 3. The Kier molecular flexibility index (Phi) is 5.81. The number of fused-ring (bicyclic) bond motifs is 2. The van der Waals surface area contributed by atoms with E-state index < -0.39 is 14.7 Å². The van der Waals surface area contributed by atoms with E-state index in [-0.39, 0.29) is 0 Å². The van der Waals surface area contributed by atoms with Crippen LogP contribution in [0.3, 0.4) is 0 Å². The van der Waals surface area contributed by atoms with Crippen LogP contribution in [0.1, 0.15) is 16.7 Å². The van der Waals surface area contributed by atoms with Crippen LogP contribution in [0, 0.1) is 11.3 Å². The van der Waals surface area contributed by atoms with Crippen molar-refractivity contribution in [2.45, 2.75) is 15.6 Å². The fourth-order valence-corrected chi connectivity index (χ4v) is 8.88. The zero-order valence-corrected chi connectivity index (χ0v) is 19.6. The Morgan fingerprint density at radius 1 is 0.906 bits per heavy atom. The van der Waals surface area contributed by atoms with Crippen LogP contribution in [0.4, 0.5) is 0 Å². The van der Waals surface area contributed by atoms with Crippen molar-refractivity contribution in [2.24, 2.45) is 5.73 Å².